The Morgan fingerprint density at radius 1 is 1.16 bits per heavy atom. The molecular weight excluding hydrogens is 232 g/mol. The topological polar surface area (TPSA) is 15.3 Å². The van der Waals surface area contributed by atoms with Crippen molar-refractivity contribution in [1.29, 1.82) is 0 Å². The first kappa shape index (κ1) is 14.5. The van der Waals surface area contributed by atoms with E-state index in [4.69, 9.17) is 0 Å². The zero-order valence-electron chi connectivity index (χ0n) is 13.3. The van der Waals surface area contributed by atoms with Gasteiger partial charge in [-0.05, 0) is 58.2 Å². The summed E-state index contributed by atoms with van der Waals surface area (Å²) in [5.74, 6) is 0. The lowest BCUT2D eigenvalue weighted by molar-refractivity contribution is 0.0512. The van der Waals surface area contributed by atoms with E-state index in [0.29, 0.717) is 6.04 Å². The fraction of sp³-hybridized carbons (Fsp3) is 0.647. The first-order valence-corrected chi connectivity index (χ1v) is 7.38. The minimum absolute atomic E-state index is 0.224. The molecule has 1 fully saturated rings. The highest BCUT2D eigenvalue weighted by Gasteiger charge is 2.34. The third-order valence-corrected chi connectivity index (χ3v) is 4.49. The second kappa shape index (κ2) is 5.26. The summed E-state index contributed by atoms with van der Waals surface area (Å²) in [5.41, 5.74) is 5.96. The summed E-state index contributed by atoms with van der Waals surface area (Å²) >= 11 is 0. The van der Waals surface area contributed by atoms with Crippen LogP contribution in [0.3, 0.4) is 0 Å². The normalized spacial score (nSPS) is 21.4. The monoisotopic (exact) mass is 260 g/mol. The first-order valence-electron chi connectivity index (χ1n) is 7.38. The number of nitrogens with zero attached hydrogens (tertiary/aromatic N) is 1. The third kappa shape index (κ3) is 2.85. The fourth-order valence-corrected chi connectivity index (χ4v) is 3.72. The average Bonchev–Trinajstić information content (AvgIpc) is 2.26. The van der Waals surface area contributed by atoms with E-state index in [1.807, 2.05) is 0 Å². The van der Waals surface area contributed by atoms with Crippen molar-refractivity contribution in [2.24, 2.45) is 0 Å². The zero-order chi connectivity index (χ0) is 14.2. The van der Waals surface area contributed by atoms with Gasteiger partial charge in [-0.15, -0.1) is 0 Å². The van der Waals surface area contributed by atoms with Crippen LogP contribution in [-0.4, -0.2) is 30.1 Å². The second-order valence-corrected chi connectivity index (χ2v) is 6.67. The molecule has 1 N–H and O–H groups in total. The number of rotatable bonds is 2. The summed E-state index contributed by atoms with van der Waals surface area (Å²) in [7, 11) is 0. The molecule has 1 saturated heterocycles. The summed E-state index contributed by atoms with van der Waals surface area (Å²) in [6, 6.07) is 5.11. The minimum atomic E-state index is 0.224. The molecule has 2 nitrogen and oxygen atoms in total. The van der Waals surface area contributed by atoms with E-state index in [9.17, 15) is 0 Å². The molecule has 1 aromatic rings. The van der Waals surface area contributed by atoms with Crippen molar-refractivity contribution in [2.75, 3.05) is 19.6 Å². The Morgan fingerprint density at radius 3 is 2.26 bits per heavy atom. The van der Waals surface area contributed by atoms with Gasteiger partial charge >= 0.3 is 0 Å². The van der Waals surface area contributed by atoms with Crippen LogP contribution in [0.2, 0.25) is 0 Å². The lowest BCUT2D eigenvalue weighted by Crippen LogP contribution is -2.58. The van der Waals surface area contributed by atoms with Crippen LogP contribution in [0.4, 0.5) is 0 Å². The van der Waals surface area contributed by atoms with E-state index in [-0.39, 0.29) is 5.54 Å². The molecule has 1 unspecified atom stereocenters. The second-order valence-electron chi connectivity index (χ2n) is 6.67. The van der Waals surface area contributed by atoms with Gasteiger partial charge in [0.05, 0.1) is 0 Å². The summed E-state index contributed by atoms with van der Waals surface area (Å²) in [5, 5.41) is 3.51. The molecule has 1 aliphatic rings. The van der Waals surface area contributed by atoms with Crippen molar-refractivity contribution in [1.82, 2.24) is 10.2 Å². The smallest absolute Gasteiger partial charge is 0.0331 e. The molecule has 1 heterocycles. The number of benzene rings is 1. The number of aryl methyl sites for hydroxylation is 3. The maximum Gasteiger partial charge on any atom is 0.0331 e. The van der Waals surface area contributed by atoms with Crippen LogP contribution in [0, 0.1) is 20.8 Å². The number of hydrogen-bond acceptors (Lipinski definition) is 2. The highest BCUT2D eigenvalue weighted by atomic mass is 15.3. The number of hydrogen-bond donors (Lipinski definition) is 1. The summed E-state index contributed by atoms with van der Waals surface area (Å²) in [4.78, 5) is 2.65. The summed E-state index contributed by atoms with van der Waals surface area (Å²) in [6.45, 7) is 17.0. The van der Waals surface area contributed by atoms with Crippen LogP contribution in [0.5, 0.6) is 0 Å². The zero-order valence-corrected chi connectivity index (χ0v) is 13.3. The van der Waals surface area contributed by atoms with Crippen LogP contribution in [0.25, 0.3) is 0 Å². The molecule has 19 heavy (non-hydrogen) atoms. The summed E-state index contributed by atoms with van der Waals surface area (Å²) < 4.78 is 0. The average molecular weight is 260 g/mol. The van der Waals surface area contributed by atoms with Crippen molar-refractivity contribution in [2.45, 2.75) is 53.1 Å². The molecular formula is C17H28N2. The molecule has 0 spiro atoms. The number of nitrogens with one attached hydrogen (secondary N) is 1. The van der Waals surface area contributed by atoms with Crippen LogP contribution < -0.4 is 5.32 Å². The largest absolute Gasteiger partial charge is 0.314 e. The highest BCUT2D eigenvalue weighted by molar-refractivity contribution is 5.39. The molecule has 0 amide bonds. The maximum absolute atomic E-state index is 3.51. The molecule has 1 atom stereocenters. The highest BCUT2D eigenvalue weighted by Crippen LogP contribution is 2.33. The molecule has 1 aromatic carbocycles. The Bertz CT molecular complexity index is 439. The van der Waals surface area contributed by atoms with E-state index < -0.39 is 0 Å². The Balaban J connectivity index is 2.36. The molecule has 0 bridgehead atoms. The van der Waals surface area contributed by atoms with Crippen molar-refractivity contribution in [3.63, 3.8) is 0 Å². The van der Waals surface area contributed by atoms with Crippen molar-refractivity contribution in [3.8, 4) is 0 Å². The van der Waals surface area contributed by atoms with Gasteiger partial charge in [0.1, 0.15) is 0 Å². The predicted octanol–water partition coefficient (Wildman–Crippen LogP) is 3.36. The molecule has 2 heteroatoms. The van der Waals surface area contributed by atoms with Gasteiger partial charge in [-0.2, -0.15) is 0 Å². The van der Waals surface area contributed by atoms with Gasteiger partial charge in [0.2, 0.25) is 0 Å². The van der Waals surface area contributed by atoms with Gasteiger partial charge in [0, 0.05) is 31.2 Å². The van der Waals surface area contributed by atoms with Crippen LogP contribution in [0.15, 0.2) is 12.1 Å². The van der Waals surface area contributed by atoms with Crippen molar-refractivity contribution >= 4 is 0 Å². The molecule has 0 radical (unpaired) electrons. The van der Waals surface area contributed by atoms with Crippen LogP contribution >= 0.6 is 0 Å². The van der Waals surface area contributed by atoms with Crippen LogP contribution in [-0.2, 0) is 0 Å². The van der Waals surface area contributed by atoms with Gasteiger partial charge in [0.25, 0.3) is 0 Å². The molecule has 0 saturated carbocycles. The van der Waals surface area contributed by atoms with Crippen molar-refractivity contribution in [3.05, 3.63) is 34.4 Å². The minimum Gasteiger partial charge on any atom is -0.314 e. The van der Waals surface area contributed by atoms with Crippen molar-refractivity contribution < 1.29 is 0 Å². The predicted molar refractivity (Wildman–Crippen MR) is 82.7 cm³/mol. The van der Waals surface area contributed by atoms with E-state index >= 15 is 0 Å². The molecule has 2 rings (SSSR count). The Labute approximate surface area is 118 Å². The first-order chi connectivity index (χ1) is 8.83. The third-order valence-electron chi connectivity index (χ3n) is 4.49. The Hall–Kier alpha value is -0.860. The lowest BCUT2D eigenvalue weighted by Gasteiger charge is -2.47. The summed E-state index contributed by atoms with van der Waals surface area (Å²) in [6.07, 6.45) is 0. The fourth-order valence-electron chi connectivity index (χ4n) is 3.72. The molecule has 0 aliphatic carbocycles. The van der Waals surface area contributed by atoms with Gasteiger partial charge in [-0.1, -0.05) is 17.7 Å². The van der Waals surface area contributed by atoms with E-state index in [2.05, 4.69) is 63.9 Å². The Morgan fingerprint density at radius 2 is 1.74 bits per heavy atom. The number of piperazine rings is 1. The molecule has 1 aliphatic heterocycles. The van der Waals surface area contributed by atoms with E-state index in [1.165, 1.54) is 22.3 Å². The molecule has 106 valence electrons. The van der Waals surface area contributed by atoms with E-state index in [1.54, 1.807) is 0 Å². The Kier molecular flexibility index (Phi) is 4.03. The van der Waals surface area contributed by atoms with Crippen LogP contribution in [0.1, 0.15) is 49.1 Å². The van der Waals surface area contributed by atoms with Gasteiger partial charge in [-0.3, -0.25) is 4.90 Å². The quantitative estimate of drug-likeness (QED) is 0.877. The standard InChI is InChI=1S/C17H28N2/c1-12-9-13(2)16(14(3)10-12)15(4)19-8-7-18-11-17(19,5)6/h9-10,15,18H,7-8,11H2,1-6H3. The SMILES string of the molecule is Cc1cc(C)c(C(C)N2CCNCC2(C)C)c(C)c1. The lowest BCUT2D eigenvalue weighted by atomic mass is 9.90. The van der Waals surface area contributed by atoms with Gasteiger partial charge < -0.3 is 5.32 Å². The molecule has 0 aromatic heterocycles. The maximum atomic E-state index is 3.51. The van der Waals surface area contributed by atoms with Gasteiger partial charge in [0.15, 0.2) is 0 Å². The van der Waals surface area contributed by atoms with E-state index in [0.717, 1.165) is 19.6 Å². The van der Waals surface area contributed by atoms with Gasteiger partial charge in [-0.25, -0.2) is 0 Å².